The number of hydrogen-bond donors (Lipinski definition) is 1. The Morgan fingerprint density at radius 2 is 2.00 bits per heavy atom. The largest absolute Gasteiger partial charge is 0.496 e. The topological polar surface area (TPSA) is 95.7 Å². The van der Waals surface area contributed by atoms with Gasteiger partial charge in [-0.15, -0.1) is 0 Å². The first-order chi connectivity index (χ1) is 9.27. The third kappa shape index (κ3) is 4.12. The Labute approximate surface area is 118 Å². The fraction of sp³-hybridized carbons (Fsp3) is 0.462. The Kier molecular flexibility index (Phi) is 5.38. The summed E-state index contributed by atoms with van der Waals surface area (Å²) < 4.78 is 33.2. The summed E-state index contributed by atoms with van der Waals surface area (Å²) in [4.78, 5) is 11.9. The highest BCUT2D eigenvalue weighted by Crippen LogP contribution is 2.22. The Hall–Kier alpha value is -1.76. The molecule has 0 atom stereocenters. The van der Waals surface area contributed by atoms with E-state index in [1.54, 1.807) is 19.9 Å². The number of methoxy groups -OCH3 is 1. The van der Waals surface area contributed by atoms with Gasteiger partial charge in [-0.25, -0.2) is 13.2 Å². The molecular weight excluding hydrogens is 282 g/mol. The molecule has 0 unspecified atom stereocenters. The van der Waals surface area contributed by atoms with E-state index < -0.39 is 21.1 Å². The zero-order valence-corrected chi connectivity index (χ0v) is 12.6. The summed E-state index contributed by atoms with van der Waals surface area (Å²) in [6, 6.07) is 4.53. The summed E-state index contributed by atoms with van der Waals surface area (Å²) in [6.07, 6.45) is 0. The molecule has 0 amide bonds. The highest BCUT2D eigenvalue weighted by atomic mass is 32.2. The lowest BCUT2D eigenvalue weighted by atomic mass is 10.2. The lowest BCUT2D eigenvalue weighted by molar-refractivity contribution is 0.0525. The molecule has 0 heterocycles. The molecule has 0 aliphatic rings. The summed E-state index contributed by atoms with van der Waals surface area (Å²) in [6.45, 7) is 2.98. The fourth-order valence-corrected chi connectivity index (χ4v) is 2.23. The number of esters is 1. The molecular formula is C13H19NO5S. The first-order valence-electron chi connectivity index (χ1n) is 6.10. The zero-order chi connectivity index (χ0) is 15.3. The lowest BCUT2D eigenvalue weighted by Crippen LogP contribution is -2.22. The molecule has 0 bridgehead atoms. The monoisotopic (exact) mass is 301 g/mol. The van der Waals surface area contributed by atoms with Crippen LogP contribution >= 0.6 is 0 Å². The standard InChI is InChI=1S/C13H19NO5S/c1-9(2)20(16,17)7-6-19-13(15)11-5-4-10(14)8-12(11)18-3/h4-5,8-9H,6-7,14H2,1-3H3. The second-order valence-corrected chi connectivity index (χ2v) is 7.19. The predicted octanol–water partition coefficient (Wildman–Crippen LogP) is 1.26. The number of rotatable bonds is 6. The summed E-state index contributed by atoms with van der Waals surface area (Å²) in [5.41, 5.74) is 6.25. The number of hydrogen-bond acceptors (Lipinski definition) is 6. The molecule has 0 fully saturated rings. The van der Waals surface area contributed by atoms with E-state index in [0.717, 1.165) is 0 Å². The van der Waals surface area contributed by atoms with Crippen molar-refractivity contribution in [3.63, 3.8) is 0 Å². The number of benzene rings is 1. The number of carbonyl (C=O) groups is 1. The van der Waals surface area contributed by atoms with Gasteiger partial charge in [-0.2, -0.15) is 0 Å². The van der Waals surface area contributed by atoms with Crippen LogP contribution in [-0.2, 0) is 14.6 Å². The van der Waals surface area contributed by atoms with Crippen LogP contribution in [0.4, 0.5) is 5.69 Å². The molecule has 0 spiro atoms. The van der Waals surface area contributed by atoms with E-state index in [1.165, 1.54) is 19.2 Å². The van der Waals surface area contributed by atoms with Crippen LogP contribution in [0.3, 0.4) is 0 Å². The minimum Gasteiger partial charge on any atom is -0.496 e. The molecule has 1 rings (SSSR count). The van der Waals surface area contributed by atoms with Crippen molar-refractivity contribution in [1.82, 2.24) is 0 Å². The lowest BCUT2D eigenvalue weighted by Gasteiger charge is -2.10. The third-order valence-corrected chi connectivity index (χ3v) is 4.94. The molecule has 0 aromatic heterocycles. The summed E-state index contributed by atoms with van der Waals surface area (Å²) >= 11 is 0. The zero-order valence-electron chi connectivity index (χ0n) is 11.8. The molecule has 1 aromatic carbocycles. The van der Waals surface area contributed by atoms with Gasteiger partial charge in [0.15, 0.2) is 9.84 Å². The van der Waals surface area contributed by atoms with Crippen LogP contribution in [0.15, 0.2) is 18.2 Å². The molecule has 7 heteroatoms. The van der Waals surface area contributed by atoms with Crippen LogP contribution in [0.1, 0.15) is 24.2 Å². The van der Waals surface area contributed by atoms with Crippen molar-refractivity contribution >= 4 is 21.5 Å². The number of sulfone groups is 1. The minimum absolute atomic E-state index is 0.188. The average molecular weight is 301 g/mol. The second-order valence-electron chi connectivity index (χ2n) is 4.51. The molecule has 0 saturated heterocycles. The van der Waals surface area contributed by atoms with Gasteiger partial charge in [-0.05, 0) is 26.0 Å². The van der Waals surface area contributed by atoms with Gasteiger partial charge in [0, 0.05) is 11.8 Å². The van der Waals surface area contributed by atoms with Gasteiger partial charge >= 0.3 is 5.97 Å². The van der Waals surface area contributed by atoms with Gasteiger partial charge in [0.2, 0.25) is 0 Å². The van der Waals surface area contributed by atoms with Crippen molar-refractivity contribution < 1.29 is 22.7 Å². The molecule has 1 aromatic rings. The normalized spacial score (nSPS) is 11.4. The smallest absolute Gasteiger partial charge is 0.341 e. The molecule has 0 radical (unpaired) electrons. The minimum atomic E-state index is -3.23. The molecule has 20 heavy (non-hydrogen) atoms. The first kappa shape index (κ1) is 16.3. The van der Waals surface area contributed by atoms with Gasteiger partial charge in [-0.1, -0.05) is 0 Å². The molecule has 0 saturated carbocycles. The quantitative estimate of drug-likeness (QED) is 0.627. The number of nitrogen functional groups attached to an aromatic ring is 1. The maximum Gasteiger partial charge on any atom is 0.341 e. The van der Waals surface area contributed by atoms with E-state index in [-0.39, 0.29) is 17.9 Å². The fourth-order valence-electron chi connectivity index (χ4n) is 1.44. The second kappa shape index (κ2) is 6.60. The van der Waals surface area contributed by atoms with Crippen LogP contribution in [0, 0.1) is 0 Å². The number of carbonyl (C=O) groups excluding carboxylic acids is 1. The van der Waals surface area contributed by atoms with E-state index in [4.69, 9.17) is 15.2 Å². The highest BCUT2D eigenvalue weighted by Gasteiger charge is 2.18. The van der Waals surface area contributed by atoms with Crippen molar-refractivity contribution in [2.24, 2.45) is 0 Å². The summed E-state index contributed by atoms with van der Waals surface area (Å²) in [5, 5.41) is -0.493. The maximum absolute atomic E-state index is 11.9. The molecule has 0 aliphatic carbocycles. The predicted molar refractivity (Wildman–Crippen MR) is 76.6 cm³/mol. The Bertz CT molecular complexity index is 580. The number of nitrogens with two attached hydrogens (primary N) is 1. The van der Waals surface area contributed by atoms with Crippen LogP contribution in [0.25, 0.3) is 0 Å². The van der Waals surface area contributed by atoms with E-state index in [2.05, 4.69) is 0 Å². The van der Waals surface area contributed by atoms with Crippen LogP contribution < -0.4 is 10.5 Å². The number of ether oxygens (including phenoxy) is 2. The third-order valence-electron chi connectivity index (χ3n) is 2.76. The van der Waals surface area contributed by atoms with Gasteiger partial charge < -0.3 is 15.2 Å². The van der Waals surface area contributed by atoms with Crippen molar-refractivity contribution in [1.29, 1.82) is 0 Å². The van der Waals surface area contributed by atoms with Crippen molar-refractivity contribution in [3.05, 3.63) is 23.8 Å². The molecule has 112 valence electrons. The first-order valence-corrected chi connectivity index (χ1v) is 7.81. The van der Waals surface area contributed by atoms with E-state index in [1.807, 2.05) is 0 Å². The average Bonchev–Trinajstić information content (AvgIpc) is 2.37. The Balaban J connectivity index is 2.69. The Morgan fingerprint density at radius 1 is 1.35 bits per heavy atom. The van der Waals surface area contributed by atoms with Crippen LogP contribution in [-0.4, -0.2) is 39.1 Å². The van der Waals surface area contributed by atoms with Crippen LogP contribution in [0.5, 0.6) is 5.75 Å². The number of anilines is 1. The van der Waals surface area contributed by atoms with Crippen molar-refractivity contribution in [2.45, 2.75) is 19.1 Å². The van der Waals surface area contributed by atoms with Crippen molar-refractivity contribution in [2.75, 3.05) is 25.2 Å². The van der Waals surface area contributed by atoms with E-state index in [9.17, 15) is 13.2 Å². The molecule has 6 nitrogen and oxygen atoms in total. The van der Waals surface area contributed by atoms with E-state index >= 15 is 0 Å². The molecule has 0 aliphatic heterocycles. The van der Waals surface area contributed by atoms with Gasteiger partial charge in [0.25, 0.3) is 0 Å². The maximum atomic E-state index is 11.9. The highest BCUT2D eigenvalue weighted by molar-refractivity contribution is 7.91. The Morgan fingerprint density at radius 3 is 2.55 bits per heavy atom. The van der Waals surface area contributed by atoms with E-state index in [0.29, 0.717) is 11.4 Å². The van der Waals surface area contributed by atoms with Crippen molar-refractivity contribution in [3.8, 4) is 5.75 Å². The van der Waals surface area contributed by atoms with Gasteiger partial charge in [-0.3, -0.25) is 0 Å². The summed E-state index contributed by atoms with van der Waals surface area (Å²) in [7, 11) is -1.82. The van der Waals surface area contributed by atoms with Crippen LogP contribution in [0.2, 0.25) is 0 Å². The summed E-state index contributed by atoms with van der Waals surface area (Å²) in [5.74, 6) is -0.546. The molecule has 2 N–H and O–H groups in total. The van der Waals surface area contributed by atoms with Gasteiger partial charge in [0.1, 0.15) is 17.9 Å². The van der Waals surface area contributed by atoms with Gasteiger partial charge in [0.05, 0.1) is 18.1 Å². The SMILES string of the molecule is COc1cc(N)ccc1C(=O)OCCS(=O)(=O)C(C)C.